The minimum Gasteiger partial charge on any atom is -0.348 e. The second-order valence-electron chi connectivity index (χ2n) is 6.40. The van der Waals surface area contributed by atoms with Crippen molar-refractivity contribution in [3.63, 3.8) is 0 Å². The number of hydrogen-bond donors (Lipinski definition) is 2. The maximum absolute atomic E-state index is 13.0. The van der Waals surface area contributed by atoms with Gasteiger partial charge in [0.15, 0.2) is 0 Å². The first-order chi connectivity index (χ1) is 12.8. The van der Waals surface area contributed by atoms with E-state index in [-0.39, 0.29) is 30.2 Å². The molecule has 144 valence electrons. The van der Waals surface area contributed by atoms with Crippen molar-refractivity contribution in [1.82, 2.24) is 10.2 Å². The van der Waals surface area contributed by atoms with Gasteiger partial charge in [-0.1, -0.05) is 35.9 Å². The Labute approximate surface area is 163 Å². The van der Waals surface area contributed by atoms with E-state index in [2.05, 4.69) is 10.6 Å². The molecule has 2 unspecified atom stereocenters. The summed E-state index contributed by atoms with van der Waals surface area (Å²) >= 11 is 6.03. The maximum Gasteiger partial charge on any atom is 0.238 e. The molecular formula is C20H23ClFN3O2. The van der Waals surface area contributed by atoms with E-state index in [4.69, 9.17) is 11.6 Å². The van der Waals surface area contributed by atoms with Gasteiger partial charge in [-0.15, -0.1) is 0 Å². The third kappa shape index (κ3) is 6.05. The second-order valence-corrected chi connectivity index (χ2v) is 6.81. The van der Waals surface area contributed by atoms with E-state index in [1.807, 2.05) is 6.92 Å². The van der Waals surface area contributed by atoms with Gasteiger partial charge < -0.3 is 10.6 Å². The topological polar surface area (TPSA) is 61.4 Å². The van der Waals surface area contributed by atoms with Crippen molar-refractivity contribution in [2.45, 2.75) is 25.9 Å². The van der Waals surface area contributed by atoms with Gasteiger partial charge in [0.2, 0.25) is 11.8 Å². The Morgan fingerprint density at radius 3 is 2.37 bits per heavy atom. The largest absolute Gasteiger partial charge is 0.348 e. The van der Waals surface area contributed by atoms with Crippen LogP contribution in [0.5, 0.6) is 0 Å². The number of amides is 2. The molecule has 0 aliphatic rings. The molecule has 0 fully saturated rings. The van der Waals surface area contributed by atoms with Crippen molar-refractivity contribution in [3.8, 4) is 0 Å². The lowest BCUT2D eigenvalue weighted by molar-refractivity contribution is -0.127. The average Bonchev–Trinajstić information content (AvgIpc) is 2.63. The standard InChI is InChI=1S/C20H23ClFN3O2/c1-13(15-8-10-16(22)11-9-15)23-20(27)14(2)25(3)12-19(26)24-18-7-5-4-6-17(18)21/h4-11,13-14H,12H2,1-3H3,(H,23,27)(H,24,26). The number of carbonyl (C=O) groups excluding carboxylic acids is 2. The van der Waals surface area contributed by atoms with Gasteiger partial charge in [0.1, 0.15) is 5.82 Å². The van der Waals surface area contributed by atoms with Crippen LogP contribution in [0.4, 0.5) is 10.1 Å². The summed E-state index contributed by atoms with van der Waals surface area (Å²) in [5.41, 5.74) is 1.33. The van der Waals surface area contributed by atoms with Crippen molar-refractivity contribution in [2.75, 3.05) is 18.9 Å². The van der Waals surface area contributed by atoms with Gasteiger partial charge >= 0.3 is 0 Å². The van der Waals surface area contributed by atoms with Crippen LogP contribution in [-0.4, -0.2) is 36.3 Å². The SMILES string of the molecule is CC(NC(=O)C(C)N(C)CC(=O)Nc1ccccc1Cl)c1ccc(F)cc1. The van der Waals surface area contributed by atoms with Gasteiger partial charge in [-0.2, -0.15) is 0 Å². The summed E-state index contributed by atoms with van der Waals surface area (Å²) in [5.74, 6) is -0.813. The molecule has 0 aliphatic carbocycles. The summed E-state index contributed by atoms with van der Waals surface area (Å²) in [6.45, 7) is 3.57. The summed E-state index contributed by atoms with van der Waals surface area (Å²) in [6, 6.07) is 12.1. The maximum atomic E-state index is 13.0. The minimum atomic E-state index is -0.523. The molecule has 7 heteroatoms. The van der Waals surface area contributed by atoms with Crippen molar-refractivity contribution < 1.29 is 14.0 Å². The third-order valence-corrected chi connectivity index (χ3v) is 4.64. The Morgan fingerprint density at radius 2 is 1.74 bits per heavy atom. The summed E-state index contributed by atoms with van der Waals surface area (Å²) in [7, 11) is 1.69. The van der Waals surface area contributed by atoms with E-state index in [0.717, 1.165) is 5.56 Å². The second kappa shape index (κ2) is 9.48. The highest BCUT2D eigenvalue weighted by molar-refractivity contribution is 6.33. The molecule has 2 N–H and O–H groups in total. The van der Waals surface area contributed by atoms with E-state index >= 15 is 0 Å². The summed E-state index contributed by atoms with van der Waals surface area (Å²) in [5, 5.41) is 6.05. The number of para-hydroxylation sites is 1. The van der Waals surface area contributed by atoms with Crippen molar-refractivity contribution in [1.29, 1.82) is 0 Å². The molecule has 0 heterocycles. The number of nitrogens with one attached hydrogen (secondary N) is 2. The first kappa shape index (κ1) is 20.9. The Kier molecular flexibility index (Phi) is 7.33. The number of anilines is 1. The summed E-state index contributed by atoms with van der Waals surface area (Å²) in [4.78, 5) is 26.3. The zero-order valence-electron chi connectivity index (χ0n) is 15.5. The van der Waals surface area contributed by atoms with Crippen LogP contribution in [0.25, 0.3) is 0 Å². The number of halogens is 2. The Balaban J connectivity index is 1.88. The molecule has 0 aromatic heterocycles. The first-order valence-electron chi connectivity index (χ1n) is 8.58. The molecule has 2 aromatic carbocycles. The molecule has 0 radical (unpaired) electrons. The monoisotopic (exact) mass is 391 g/mol. The lowest BCUT2D eigenvalue weighted by atomic mass is 10.1. The van der Waals surface area contributed by atoms with Gasteiger partial charge in [-0.3, -0.25) is 14.5 Å². The van der Waals surface area contributed by atoms with Crippen LogP contribution in [0.2, 0.25) is 5.02 Å². The van der Waals surface area contributed by atoms with Crippen molar-refractivity contribution in [2.24, 2.45) is 0 Å². The van der Waals surface area contributed by atoms with Crippen LogP contribution in [-0.2, 0) is 9.59 Å². The molecule has 2 amide bonds. The van der Waals surface area contributed by atoms with E-state index in [9.17, 15) is 14.0 Å². The molecule has 2 aromatic rings. The van der Waals surface area contributed by atoms with Crippen LogP contribution in [0, 0.1) is 5.82 Å². The number of nitrogens with zero attached hydrogens (tertiary/aromatic N) is 1. The summed E-state index contributed by atoms with van der Waals surface area (Å²) < 4.78 is 13.0. The fraction of sp³-hybridized carbons (Fsp3) is 0.300. The third-order valence-electron chi connectivity index (χ3n) is 4.31. The van der Waals surface area contributed by atoms with Crippen LogP contribution in [0.1, 0.15) is 25.5 Å². The predicted octanol–water partition coefficient (Wildman–Crippen LogP) is 3.62. The van der Waals surface area contributed by atoms with Gasteiger partial charge in [-0.05, 0) is 50.7 Å². The molecule has 0 saturated carbocycles. The molecule has 2 atom stereocenters. The molecular weight excluding hydrogens is 369 g/mol. The normalized spacial score (nSPS) is 13.1. The smallest absolute Gasteiger partial charge is 0.238 e. The Hall–Kier alpha value is -2.44. The molecule has 0 saturated heterocycles. The fourth-order valence-corrected chi connectivity index (χ4v) is 2.67. The van der Waals surface area contributed by atoms with Crippen molar-refractivity contribution in [3.05, 3.63) is 64.9 Å². The highest BCUT2D eigenvalue weighted by atomic mass is 35.5. The first-order valence-corrected chi connectivity index (χ1v) is 8.96. The van der Waals surface area contributed by atoms with Crippen LogP contribution in [0.15, 0.2) is 48.5 Å². The van der Waals surface area contributed by atoms with Gasteiger partial charge in [0.25, 0.3) is 0 Å². The lowest BCUT2D eigenvalue weighted by Crippen LogP contribution is -2.46. The fourth-order valence-electron chi connectivity index (χ4n) is 2.48. The molecule has 5 nitrogen and oxygen atoms in total. The predicted molar refractivity (Wildman–Crippen MR) is 105 cm³/mol. The zero-order valence-corrected chi connectivity index (χ0v) is 16.3. The molecule has 0 bridgehead atoms. The van der Waals surface area contributed by atoms with Gasteiger partial charge in [0.05, 0.1) is 29.3 Å². The molecule has 0 spiro atoms. The quantitative estimate of drug-likeness (QED) is 0.757. The summed E-state index contributed by atoms with van der Waals surface area (Å²) in [6.07, 6.45) is 0. The molecule has 2 rings (SSSR count). The average molecular weight is 392 g/mol. The zero-order chi connectivity index (χ0) is 20.0. The lowest BCUT2D eigenvalue weighted by Gasteiger charge is -2.25. The number of rotatable bonds is 7. The van der Waals surface area contributed by atoms with E-state index in [0.29, 0.717) is 10.7 Å². The van der Waals surface area contributed by atoms with E-state index in [1.54, 1.807) is 55.3 Å². The Bertz CT molecular complexity index is 798. The van der Waals surface area contributed by atoms with Gasteiger partial charge in [0, 0.05) is 0 Å². The molecule has 0 aliphatic heterocycles. The van der Waals surface area contributed by atoms with Crippen LogP contribution in [0.3, 0.4) is 0 Å². The van der Waals surface area contributed by atoms with Gasteiger partial charge in [-0.25, -0.2) is 4.39 Å². The highest BCUT2D eigenvalue weighted by Crippen LogP contribution is 2.20. The number of benzene rings is 2. The highest BCUT2D eigenvalue weighted by Gasteiger charge is 2.22. The molecule has 27 heavy (non-hydrogen) atoms. The minimum absolute atomic E-state index is 0.0325. The van der Waals surface area contributed by atoms with Crippen LogP contribution < -0.4 is 10.6 Å². The van der Waals surface area contributed by atoms with E-state index < -0.39 is 6.04 Å². The Morgan fingerprint density at radius 1 is 1.11 bits per heavy atom. The van der Waals surface area contributed by atoms with E-state index in [1.165, 1.54) is 12.1 Å². The van der Waals surface area contributed by atoms with Crippen LogP contribution >= 0.6 is 11.6 Å². The number of carbonyl (C=O) groups is 2. The number of likely N-dealkylation sites (N-methyl/N-ethyl adjacent to an activating group) is 1. The van der Waals surface area contributed by atoms with Crippen molar-refractivity contribution >= 4 is 29.1 Å². The number of hydrogen-bond acceptors (Lipinski definition) is 3.